The van der Waals surface area contributed by atoms with Gasteiger partial charge in [0.25, 0.3) is 0 Å². The number of nitrogens with zero attached hydrogens (tertiary/aromatic N) is 1. The molecule has 2 rings (SSSR count). The predicted molar refractivity (Wildman–Crippen MR) is 77.5 cm³/mol. The van der Waals surface area contributed by atoms with Crippen LogP contribution in [0.5, 0.6) is 0 Å². The minimum atomic E-state index is 0.300. The molecule has 0 amide bonds. The summed E-state index contributed by atoms with van der Waals surface area (Å²) in [5, 5.41) is 0. The molecular formula is C14H28N2S. The van der Waals surface area contributed by atoms with E-state index in [-0.39, 0.29) is 0 Å². The Morgan fingerprint density at radius 1 is 1.29 bits per heavy atom. The Labute approximate surface area is 111 Å². The van der Waals surface area contributed by atoms with Gasteiger partial charge in [0.15, 0.2) is 0 Å². The van der Waals surface area contributed by atoms with Gasteiger partial charge in [-0.05, 0) is 57.2 Å². The largest absolute Gasteiger partial charge is 0.329 e. The first-order chi connectivity index (χ1) is 8.18. The molecule has 1 unspecified atom stereocenters. The van der Waals surface area contributed by atoms with E-state index < -0.39 is 0 Å². The van der Waals surface area contributed by atoms with Crippen LogP contribution in [0.25, 0.3) is 0 Å². The molecule has 17 heavy (non-hydrogen) atoms. The highest BCUT2D eigenvalue weighted by Crippen LogP contribution is 2.36. The summed E-state index contributed by atoms with van der Waals surface area (Å²) in [6, 6.07) is 0.786. The van der Waals surface area contributed by atoms with Crippen LogP contribution in [0.2, 0.25) is 0 Å². The van der Waals surface area contributed by atoms with Gasteiger partial charge in [0, 0.05) is 23.9 Å². The second-order valence-corrected chi connectivity index (χ2v) is 7.21. The Balaban J connectivity index is 1.98. The summed E-state index contributed by atoms with van der Waals surface area (Å²) < 4.78 is 0. The van der Waals surface area contributed by atoms with Crippen molar-refractivity contribution in [3.8, 4) is 0 Å². The van der Waals surface area contributed by atoms with Crippen LogP contribution >= 0.6 is 11.8 Å². The smallest absolute Gasteiger partial charge is 0.0422 e. The highest BCUT2D eigenvalue weighted by Gasteiger charge is 2.39. The molecule has 0 aromatic rings. The molecule has 3 heteroatoms. The molecule has 1 atom stereocenters. The molecule has 0 aromatic heterocycles. The van der Waals surface area contributed by atoms with E-state index in [4.69, 9.17) is 5.73 Å². The highest BCUT2D eigenvalue weighted by atomic mass is 32.2. The number of nitrogens with two attached hydrogens (primary N) is 1. The molecule has 1 saturated heterocycles. The zero-order chi connectivity index (χ0) is 12.3. The van der Waals surface area contributed by atoms with Crippen molar-refractivity contribution in [3.05, 3.63) is 0 Å². The van der Waals surface area contributed by atoms with Gasteiger partial charge >= 0.3 is 0 Å². The quantitative estimate of drug-likeness (QED) is 0.842. The average molecular weight is 256 g/mol. The molecule has 1 heterocycles. The van der Waals surface area contributed by atoms with Gasteiger partial charge in [-0.25, -0.2) is 0 Å². The lowest BCUT2D eigenvalue weighted by Crippen LogP contribution is -2.59. The Bertz CT molecular complexity index is 230. The molecule has 2 nitrogen and oxygen atoms in total. The fourth-order valence-corrected chi connectivity index (χ4v) is 4.78. The molecule has 2 aliphatic rings. The average Bonchev–Trinajstić information content (AvgIpc) is 2.39. The summed E-state index contributed by atoms with van der Waals surface area (Å²) in [7, 11) is 2.33. The summed E-state index contributed by atoms with van der Waals surface area (Å²) >= 11 is 2.10. The van der Waals surface area contributed by atoms with E-state index >= 15 is 0 Å². The van der Waals surface area contributed by atoms with E-state index in [1.54, 1.807) is 0 Å². The number of hydrogen-bond donors (Lipinski definition) is 1. The van der Waals surface area contributed by atoms with Gasteiger partial charge in [0.2, 0.25) is 0 Å². The highest BCUT2D eigenvalue weighted by molar-refractivity contribution is 7.99. The molecule has 0 radical (unpaired) electrons. The van der Waals surface area contributed by atoms with Crippen molar-refractivity contribution in [1.29, 1.82) is 0 Å². The number of likely N-dealkylation sites (N-methyl/N-ethyl adjacent to an activating group) is 1. The van der Waals surface area contributed by atoms with Crippen molar-refractivity contribution < 1.29 is 0 Å². The van der Waals surface area contributed by atoms with Gasteiger partial charge in [-0.2, -0.15) is 11.8 Å². The summed E-state index contributed by atoms with van der Waals surface area (Å²) in [4.78, 5) is 2.66. The van der Waals surface area contributed by atoms with Crippen molar-refractivity contribution in [3.63, 3.8) is 0 Å². The van der Waals surface area contributed by atoms with E-state index in [0.717, 1.165) is 18.5 Å². The molecule has 0 spiro atoms. The topological polar surface area (TPSA) is 29.3 Å². The second kappa shape index (κ2) is 5.94. The summed E-state index contributed by atoms with van der Waals surface area (Å²) in [5.41, 5.74) is 6.42. The third-order valence-electron chi connectivity index (χ3n) is 4.96. The molecule has 1 aliphatic heterocycles. The number of thioether (sulfide) groups is 1. The Hall–Kier alpha value is 0.270. The maximum atomic E-state index is 6.12. The van der Waals surface area contributed by atoms with Crippen molar-refractivity contribution in [2.45, 2.75) is 57.0 Å². The van der Waals surface area contributed by atoms with E-state index in [1.807, 2.05) is 0 Å². The Morgan fingerprint density at radius 2 is 2.00 bits per heavy atom. The van der Waals surface area contributed by atoms with E-state index in [9.17, 15) is 0 Å². The maximum absolute atomic E-state index is 6.12. The van der Waals surface area contributed by atoms with Crippen LogP contribution < -0.4 is 5.73 Å². The second-order valence-electron chi connectivity index (χ2n) is 6.11. The van der Waals surface area contributed by atoms with Crippen molar-refractivity contribution in [2.75, 3.05) is 25.1 Å². The predicted octanol–water partition coefficient (Wildman–Crippen LogP) is 2.72. The third kappa shape index (κ3) is 2.99. The summed E-state index contributed by atoms with van der Waals surface area (Å²) in [6.45, 7) is 3.23. The van der Waals surface area contributed by atoms with E-state index in [2.05, 4.69) is 30.6 Å². The van der Waals surface area contributed by atoms with Gasteiger partial charge in [-0.1, -0.05) is 6.92 Å². The van der Waals surface area contributed by atoms with Gasteiger partial charge in [0.1, 0.15) is 0 Å². The Kier molecular flexibility index (Phi) is 4.79. The molecule has 2 N–H and O–H groups in total. The van der Waals surface area contributed by atoms with Gasteiger partial charge in [0.05, 0.1) is 0 Å². The minimum absolute atomic E-state index is 0.300. The van der Waals surface area contributed by atoms with Crippen LogP contribution in [-0.2, 0) is 0 Å². The lowest BCUT2D eigenvalue weighted by Gasteiger charge is -2.48. The lowest BCUT2D eigenvalue weighted by atomic mass is 9.83. The van der Waals surface area contributed by atoms with Gasteiger partial charge < -0.3 is 5.73 Å². The van der Waals surface area contributed by atoms with Gasteiger partial charge in [-0.15, -0.1) is 0 Å². The molecule has 0 aromatic carbocycles. The van der Waals surface area contributed by atoms with Crippen molar-refractivity contribution >= 4 is 11.8 Å². The standard InChI is InChI=1S/C14H28N2S/c1-12-4-6-13(7-5-12)16(2)14(10-15)8-3-9-17-11-14/h12-13H,3-11,15H2,1-2H3. The van der Waals surface area contributed by atoms with Gasteiger partial charge in [-0.3, -0.25) is 4.90 Å². The van der Waals surface area contributed by atoms with Crippen LogP contribution in [0.1, 0.15) is 45.4 Å². The van der Waals surface area contributed by atoms with E-state index in [0.29, 0.717) is 5.54 Å². The van der Waals surface area contributed by atoms with E-state index in [1.165, 1.54) is 50.0 Å². The first kappa shape index (κ1) is 13.7. The van der Waals surface area contributed by atoms with Crippen LogP contribution in [-0.4, -0.2) is 41.6 Å². The monoisotopic (exact) mass is 256 g/mol. The SMILES string of the molecule is CC1CCC(N(C)C2(CN)CCCSC2)CC1. The van der Waals surface area contributed by atoms with Crippen LogP contribution in [0, 0.1) is 5.92 Å². The van der Waals surface area contributed by atoms with Crippen LogP contribution in [0.4, 0.5) is 0 Å². The van der Waals surface area contributed by atoms with Crippen LogP contribution in [0.3, 0.4) is 0 Å². The van der Waals surface area contributed by atoms with Crippen LogP contribution in [0.15, 0.2) is 0 Å². The maximum Gasteiger partial charge on any atom is 0.0422 e. The summed E-state index contributed by atoms with van der Waals surface area (Å²) in [6.07, 6.45) is 8.22. The minimum Gasteiger partial charge on any atom is -0.329 e. The normalized spacial score (nSPS) is 39.5. The lowest BCUT2D eigenvalue weighted by molar-refractivity contribution is 0.0575. The molecule has 100 valence electrons. The number of hydrogen-bond acceptors (Lipinski definition) is 3. The molecule has 1 saturated carbocycles. The zero-order valence-corrected chi connectivity index (χ0v) is 12.3. The Morgan fingerprint density at radius 3 is 2.53 bits per heavy atom. The molecular weight excluding hydrogens is 228 g/mol. The number of rotatable bonds is 3. The molecule has 0 bridgehead atoms. The summed E-state index contributed by atoms with van der Waals surface area (Å²) in [5.74, 6) is 3.51. The molecule has 1 aliphatic carbocycles. The fraction of sp³-hybridized carbons (Fsp3) is 1.00. The third-order valence-corrected chi connectivity index (χ3v) is 6.28. The first-order valence-electron chi connectivity index (χ1n) is 7.19. The fourth-order valence-electron chi connectivity index (χ4n) is 3.44. The first-order valence-corrected chi connectivity index (χ1v) is 8.34. The van der Waals surface area contributed by atoms with Crippen molar-refractivity contribution in [1.82, 2.24) is 4.90 Å². The van der Waals surface area contributed by atoms with Crippen molar-refractivity contribution in [2.24, 2.45) is 11.7 Å². The molecule has 2 fully saturated rings. The zero-order valence-electron chi connectivity index (χ0n) is 11.5.